The third kappa shape index (κ3) is 5.23. The van der Waals surface area contributed by atoms with Gasteiger partial charge in [0.25, 0.3) is 16.8 Å². The molecule has 1 fully saturated rings. The number of hydrogen-bond acceptors (Lipinski definition) is 9. The molecular weight excluding hydrogens is 454 g/mol. The maximum atomic E-state index is 12.7. The van der Waals surface area contributed by atoms with Crippen molar-refractivity contribution in [2.75, 3.05) is 33.2 Å². The highest BCUT2D eigenvalue weighted by molar-refractivity contribution is 8.18. The van der Waals surface area contributed by atoms with Crippen LogP contribution in [0.4, 0.5) is 16.2 Å². The molecule has 0 bridgehead atoms. The molecule has 2 aromatic rings. The number of rotatable bonds is 8. The van der Waals surface area contributed by atoms with Crippen LogP contribution in [0.3, 0.4) is 0 Å². The lowest BCUT2D eigenvalue weighted by atomic mass is 10.1. The van der Waals surface area contributed by atoms with Crippen molar-refractivity contribution in [3.63, 3.8) is 0 Å². The third-order valence-corrected chi connectivity index (χ3v) is 5.47. The van der Waals surface area contributed by atoms with E-state index in [2.05, 4.69) is 5.32 Å². The molecule has 1 heterocycles. The molecule has 1 aliphatic rings. The molecule has 172 valence electrons. The molecule has 1 saturated heterocycles. The Hall–Kier alpha value is -4.06. The summed E-state index contributed by atoms with van der Waals surface area (Å²) in [5.74, 6) is -0.356. The number of nitrogens with zero attached hydrogens (tertiary/aromatic N) is 2. The summed E-state index contributed by atoms with van der Waals surface area (Å²) in [6.45, 7) is -0.512. The van der Waals surface area contributed by atoms with E-state index < -0.39 is 28.5 Å². The van der Waals surface area contributed by atoms with Gasteiger partial charge in [-0.05, 0) is 48.2 Å². The van der Waals surface area contributed by atoms with Gasteiger partial charge in [-0.1, -0.05) is 0 Å². The number of nitro groups is 1. The number of carbonyl (C=O) groups is 3. The number of ether oxygens (including phenoxy) is 3. The van der Waals surface area contributed by atoms with Gasteiger partial charge in [0.05, 0.1) is 42.8 Å². The summed E-state index contributed by atoms with van der Waals surface area (Å²) in [5, 5.41) is 13.4. The number of anilines is 1. The molecule has 11 nitrogen and oxygen atoms in total. The molecule has 1 N–H and O–H groups in total. The van der Waals surface area contributed by atoms with Gasteiger partial charge in [-0.2, -0.15) is 0 Å². The van der Waals surface area contributed by atoms with E-state index in [0.717, 1.165) is 11.0 Å². The van der Waals surface area contributed by atoms with Crippen LogP contribution in [-0.2, 0) is 9.59 Å². The molecule has 3 amide bonds. The van der Waals surface area contributed by atoms with Gasteiger partial charge in [0.15, 0.2) is 11.5 Å². The summed E-state index contributed by atoms with van der Waals surface area (Å²) >= 11 is 0.581. The summed E-state index contributed by atoms with van der Waals surface area (Å²) in [4.78, 5) is 49.0. The number of nitrogens with one attached hydrogen (secondary N) is 1. The number of nitro benzene ring substituents is 1. The number of methoxy groups -OCH3 is 3. The highest BCUT2D eigenvalue weighted by Gasteiger charge is 2.37. The quantitative estimate of drug-likeness (QED) is 0.348. The van der Waals surface area contributed by atoms with Gasteiger partial charge in [-0.15, -0.1) is 0 Å². The zero-order chi connectivity index (χ0) is 24.1. The minimum Gasteiger partial charge on any atom is -0.497 e. The van der Waals surface area contributed by atoms with Gasteiger partial charge < -0.3 is 19.5 Å². The maximum Gasteiger partial charge on any atom is 0.294 e. The van der Waals surface area contributed by atoms with Crippen LogP contribution in [0, 0.1) is 10.1 Å². The fourth-order valence-electron chi connectivity index (χ4n) is 2.95. The number of carbonyl (C=O) groups excluding carboxylic acids is 3. The Balaban J connectivity index is 1.80. The van der Waals surface area contributed by atoms with E-state index in [1.807, 2.05) is 0 Å². The molecule has 0 aromatic heterocycles. The van der Waals surface area contributed by atoms with Crippen molar-refractivity contribution >= 4 is 46.3 Å². The summed E-state index contributed by atoms with van der Waals surface area (Å²) in [5.41, 5.74) is 0.173. The minimum atomic E-state index is -0.737. The van der Waals surface area contributed by atoms with Gasteiger partial charge >= 0.3 is 0 Å². The van der Waals surface area contributed by atoms with Crippen molar-refractivity contribution in [3.05, 3.63) is 57.0 Å². The van der Waals surface area contributed by atoms with E-state index in [4.69, 9.17) is 14.2 Å². The van der Waals surface area contributed by atoms with E-state index in [1.165, 1.54) is 33.5 Å². The van der Waals surface area contributed by atoms with E-state index in [1.54, 1.807) is 24.3 Å². The zero-order valence-corrected chi connectivity index (χ0v) is 18.6. The van der Waals surface area contributed by atoms with Gasteiger partial charge in [0.2, 0.25) is 5.91 Å². The van der Waals surface area contributed by atoms with Crippen molar-refractivity contribution in [3.8, 4) is 17.2 Å². The molecule has 0 atom stereocenters. The van der Waals surface area contributed by atoms with Gasteiger partial charge in [-0.3, -0.25) is 29.4 Å². The molecule has 0 radical (unpaired) electrons. The molecule has 2 aromatic carbocycles. The van der Waals surface area contributed by atoms with Crippen molar-refractivity contribution in [1.29, 1.82) is 0 Å². The summed E-state index contributed by atoms with van der Waals surface area (Å²) in [7, 11) is 4.21. The topological polar surface area (TPSA) is 137 Å². The lowest BCUT2D eigenvalue weighted by Crippen LogP contribution is -2.36. The van der Waals surface area contributed by atoms with Crippen molar-refractivity contribution in [1.82, 2.24) is 4.90 Å². The average Bonchev–Trinajstić information content (AvgIpc) is 3.06. The SMILES string of the molecule is COc1ccc(NC(=O)CN2C(=O)S/C(=C/c3cc(OC)c(OC)cc3[N+](=O)[O-])C2=O)cc1. The molecule has 1 aliphatic heterocycles. The molecule has 0 saturated carbocycles. The van der Waals surface area contributed by atoms with E-state index in [9.17, 15) is 24.5 Å². The first-order chi connectivity index (χ1) is 15.8. The second-order valence-corrected chi connectivity index (χ2v) is 7.56. The molecule has 33 heavy (non-hydrogen) atoms. The zero-order valence-electron chi connectivity index (χ0n) is 17.8. The first kappa shape index (κ1) is 23.6. The third-order valence-electron chi connectivity index (χ3n) is 4.57. The minimum absolute atomic E-state index is 0.0471. The van der Waals surface area contributed by atoms with Crippen LogP contribution in [0.1, 0.15) is 5.56 Å². The Morgan fingerprint density at radius 3 is 2.30 bits per heavy atom. The van der Waals surface area contributed by atoms with Crippen LogP contribution >= 0.6 is 11.8 Å². The smallest absolute Gasteiger partial charge is 0.294 e. The van der Waals surface area contributed by atoms with Gasteiger partial charge in [0.1, 0.15) is 12.3 Å². The molecule has 0 spiro atoms. The van der Waals surface area contributed by atoms with Crippen molar-refractivity contribution < 1.29 is 33.5 Å². The van der Waals surface area contributed by atoms with Crippen molar-refractivity contribution in [2.45, 2.75) is 0 Å². The van der Waals surface area contributed by atoms with Gasteiger partial charge in [-0.25, -0.2) is 0 Å². The lowest BCUT2D eigenvalue weighted by molar-refractivity contribution is -0.385. The number of amides is 3. The molecule has 12 heteroatoms. The summed E-state index contributed by atoms with van der Waals surface area (Å²) in [6, 6.07) is 9.02. The second kappa shape index (κ2) is 10.0. The number of imide groups is 1. The lowest BCUT2D eigenvalue weighted by Gasteiger charge is -2.12. The Morgan fingerprint density at radius 1 is 1.09 bits per heavy atom. The average molecular weight is 473 g/mol. The largest absolute Gasteiger partial charge is 0.497 e. The molecular formula is C21H19N3O8S. The van der Waals surface area contributed by atoms with Crippen LogP contribution in [0.15, 0.2) is 41.3 Å². The van der Waals surface area contributed by atoms with Crippen LogP contribution in [0.2, 0.25) is 0 Å². The monoisotopic (exact) mass is 473 g/mol. The first-order valence-electron chi connectivity index (χ1n) is 9.37. The fraction of sp³-hybridized carbons (Fsp3) is 0.190. The number of benzene rings is 2. The Bertz CT molecular complexity index is 1150. The van der Waals surface area contributed by atoms with E-state index in [-0.39, 0.29) is 27.7 Å². The standard InChI is InChI=1S/C21H19N3O8S/c1-30-14-6-4-13(5-7-14)22-19(25)11-23-20(26)18(33-21(23)27)9-12-8-16(31-2)17(32-3)10-15(12)24(28)29/h4-10H,11H2,1-3H3,(H,22,25)/b18-9+. The Morgan fingerprint density at radius 2 is 1.73 bits per heavy atom. The predicted octanol–water partition coefficient (Wildman–Crippen LogP) is 3.30. The molecule has 0 unspecified atom stereocenters. The number of hydrogen-bond donors (Lipinski definition) is 1. The van der Waals surface area contributed by atoms with E-state index >= 15 is 0 Å². The van der Waals surface area contributed by atoms with Gasteiger partial charge in [0, 0.05) is 5.69 Å². The molecule has 3 rings (SSSR count). The first-order valence-corrected chi connectivity index (χ1v) is 10.2. The van der Waals surface area contributed by atoms with Crippen LogP contribution in [0.5, 0.6) is 17.2 Å². The highest BCUT2D eigenvalue weighted by Crippen LogP contribution is 2.38. The Labute approximate surface area is 192 Å². The number of thioether (sulfide) groups is 1. The van der Waals surface area contributed by atoms with Crippen molar-refractivity contribution in [2.24, 2.45) is 0 Å². The Kier molecular flexibility index (Phi) is 7.18. The predicted molar refractivity (Wildman–Crippen MR) is 121 cm³/mol. The molecule has 0 aliphatic carbocycles. The van der Waals surface area contributed by atoms with Crippen LogP contribution < -0.4 is 19.5 Å². The maximum absolute atomic E-state index is 12.7. The fourth-order valence-corrected chi connectivity index (χ4v) is 3.78. The highest BCUT2D eigenvalue weighted by atomic mass is 32.2. The van der Waals surface area contributed by atoms with Crippen LogP contribution in [0.25, 0.3) is 6.08 Å². The normalized spacial score (nSPS) is 14.4. The van der Waals surface area contributed by atoms with Crippen LogP contribution in [-0.4, -0.2) is 54.8 Å². The van der Waals surface area contributed by atoms with E-state index in [0.29, 0.717) is 23.2 Å². The summed E-state index contributed by atoms with van der Waals surface area (Å²) < 4.78 is 15.3. The second-order valence-electron chi connectivity index (χ2n) is 6.57. The summed E-state index contributed by atoms with van der Waals surface area (Å²) in [6.07, 6.45) is 1.21.